The summed E-state index contributed by atoms with van der Waals surface area (Å²) in [5.41, 5.74) is 0.805. The van der Waals surface area contributed by atoms with Crippen LogP contribution < -0.4 is 4.90 Å². The SMILES string of the molecule is CCN(CC)CCN(C(=O)CS(=O)(=O)c1ccccc1)c1nc2ccccc2s1. The van der Waals surface area contributed by atoms with Gasteiger partial charge in [-0.15, -0.1) is 0 Å². The van der Waals surface area contributed by atoms with Gasteiger partial charge in [0.2, 0.25) is 5.91 Å². The van der Waals surface area contributed by atoms with Crippen LogP contribution in [0.2, 0.25) is 0 Å². The van der Waals surface area contributed by atoms with E-state index in [0.717, 1.165) is 23.3 Å². The Balaban J connectivity index is 1.88. The Bertz CT molecular complexity index is 1030. The highest BCUT2D eigenvalue weighted by atomic mass is 32.2. The Kier molecular flexibility index (Phi) is 7.00. The number of benzene rings is 2. The Morgan fingerprint density at radius 1 is 0.966 bits per heavy atom. The topological polar surface area (TPSA) is 70.6 Å². The third-order valence-electron chi connectivity index (χ3n) is 4.76. The minimum atomic E-state index is -3.72. The average Bonchev–Trinajstić information content (AvgIpc) is 3.15. The number of hydrogen-bond acceptors (Lipinski definition) is 6. The van der Waals surface area contributed by atoms with Crippen molar-refractivity contribution in [3.63, 3.8) is 0 Å². The number of carbonyl (C=O) groups is 1. The molecule has 0 unspecified atom stereocenters. The van der Waals surface area contributed by atoms with Crippen molar-refractivity contribution in [3.8, 4) is 0 Å². The molecule has 1 aromatic heterocycles. The Morgan fingerprint density at radius 3 is 2.28 bits per heavy atom. The van der Waals surface area contributed by atoms with Gasteiger partial charge in [0.05, 0.1) is 15.1 Å². The molecule has 0 aliphatic heterocycles. The maximum absolute atomic E-state index is 13.1. The molecule has 154 valence electrons. The summed E-state index contributed by atoms with van der Waals surface area (Å²) >= 11 is 1.40. The van der Waals surface area contributed by atoms with Crippen molar-refractivity contribution in [1.82, 2.24) is 9.88 Å². The van der Waals surface area contributed by atoms with E-state index in [9.17, 15) is 13.2 Å². The number of aromatic nitrogens is 1. The molecular weight excluding hydrogens is 406 g/mol. The molecule has 0 N–H and O–H groups in total. The lowest BCUT2D eigenvalue weighted by atomic mass is 10.3. The molecule has 0 bridgehead atoms. The third kappa shape index (κ3) is 5.20. The highest BCUT2D eigenvalue weighted by Crippen LogP contribution is 2.29. The molecule has 1 amide bonds. The molecular formula is C21H25N3O3S2. The second-order valence-electron chi connectivity index (χ2n) is 6.61. The number of rotatable bonds is 9. The quantitative estimate of drug-likeness (QED) is 0.519. The monoisotopic (exact) mass is 431 g/mol. The molecule has 29 heavy (non-hydrogen) atoms. The van der Waals surface area contributed by atoms with E-state index in [1.54, 1.807) is 18.2 Å². The number of carbonyl (C=O) groups excluding carboxylic acids is 1. The first-order valence-electron chi connectivity index (χ1n) is 9.60. The van der Waals surface area contributed by atoms with E-state index in [1.807, 2.05) is 24.3 Å². The van der Waals surface area contributed by atoms with E-state index in [4.69, 9.17) is 0 Å². The molecule has 0 radical (unpaired) electrons. The molecule has 0 fully saturated rings. The summed E-state index contributed by atoms with van der Waals surface area (Å²) in [4.78, 5) is 21.5. The summed E-state index contributed by atoms with van der Waals surface area (Å²) in [6.45, 7) is 6.90. The Labute approximate surface area is 175 Å². The maximum Gasteiger partial charge on any atom is 0.244 e. The zero-order valence-electron chi connectivity index (χ0n) is 16.6. The van der Waals surface area contributed by atoms with E-state index in [0.29, 0.717) is 18.2 Å². The fourth-order valence-corrected chi connectivity index (χ4v) is 5.26. The van der Waals surface area contributed by atoms with Crippen molar-refractivity contribution in [2.75, 3.05) is 36.8 Å². The number of sulfone groups is 1. The van der Waals surface area contributed by atoms with Gasteiger partial charge in [0, 0.05) is 13.1 Å². The predicted octanol–water partition coefficient (Wildman–Crippen LogP) is 3.45. The molecule has 8 heteroatoms. The normalized spacial score (nSPS) is 11.8. The first-order chi connectivity index (χ1) is 13.9. The predicted molar refractivity (Wildman–Crippen MR) is 118 cm³/mol. The lowest BCUT2D eigenvalue weighted by molar-refractivity contribution is -0.116. The molecule has 0 aliphatic carbocycles. The van der Waals surface area contributed by atoms with Crippen LogP contribution in [0.5, 0.6) is 0 Å². The van der Waals surface area contributed by atoms with Gasteiger partial charge in [0.15, 0.2) is 15.0 Å². The van der Waals surface area contributed by atoms with Gasteiger partial charge in [0.1, 0.15) is 5.75 Å². The maximum atomic E-state index is 13.1. The number of thiazole rings is 1. The number of hydrogen-bond donors (Lipinski definition) is 0. The minimum absolute atomic E-state index is 0.154. The summed E-state index contributed by atoms with van der Waals surface area (Å²) in [6.07, 6.45) is 0. The van der Waals surface area contributed by atoms with Gasteiger partial charge in [-0.3, -0.25) is 9.69 Å². The van der Waals surface area contributed by atoms with Crippen LogP contribution in [0.4, 0.5) is 5.13 Å². The molecule has 2 aromatic carbocycles. The summed E-state index contributed by atoms with van der Waals surface area (Å²) in [6, 6.07) is 15.7. The van der Waals surface area contributed by atoms with Crippen molar-refractivity contribution in [3.05, 3.63) is 54.6 Å². The van der Waals surface area contributed by atoms with Gasteiger partial charge in [-0.05, 0) is 37.4 Å². The van der Waals surface area contributed by atoms with Crippen molar-refractivity contribution < 1.29 is 13.2 Å². The second kappa shape index (κ2) is 9.47. The molecule has 1 heterocycles. The molecule has 6 nitrogen and oxygen atoms in total. The smallest absolute Gasteiger partial charge is 0.244 e. The molecule has 3 rings (SSSR count). The van der Waals surface area contributed by atoms with Crippen LogP contribution in [0.1, 0.15) is 13.8 Å². The standard InChI is InChI=1S/C21H25N3O3S2/c1-3-23(4-2)14-15-24(21-22-18-12-8-9-13-19(18)28-21)20(25)16-29(26,27)17-10-6-5-7-11-17/h5-13H,3-4,14-16H2,1-2H3. The average molecular weight is 432 g/mol. The van der Waals surface area contributed by atoms with Crippen molar-refractivity contribution >= 4 is 42.4 Å². The van der Waals surface area contributed by atoms with E-state index < -0.39 is 21.5 Å². The lowest BCUT2D eigenvalue weighted by Crippen LogP contribution is -2.41. The second-order valence-corrected chi connectivity index (χ2v) is 9.61. The summed E-state index contributed by atoms with van der Waals surface area (Å²) < 4.78 is 26.4. The number of fused-ring (bicyclic) bond motifs is 1. The van der Waals surface area contributed by atoms with Gasteiger partial charge in [-0.1, -0.05) is 55.5 Å². The highest BCUT2D eigenvalue weighted by molar-refractivity contribution is 7.92. The Hall–Kier alpha value is -2.29. The number of amides is 1. The molecule has 0 saturated heterocycles. The lowest BCUT2D eigenvalue weighted by Gasteiger charge is -2.24. The van der Waals surface area contributed by atoms with Crippen LogP contribution in [-0.4, -0.2) is 56.1 Å². The van der Waals surface area contributed by atoms with Crippen molar-refractivity contribution in [2.24, 2.45) is 0 Å². The van der Waals surface area contributed by atoms with Crippen LogP contribution >= 0.6 is 11.3 Å². The van der Waals surface area contributed by atoms with E-state index in [-0.39, 0.29) is 4.90 Å². The zero-order chi connectivity index (χ0) is 20.9. The number of likely N-dealkylation sites (N-methyl/N-ethyl adjacent to an activating group) is 1. The molecule has 0 aliphatic rings. The van der Waals surface area contributed by atoms with Gasteiger partial charge in [-0.2, -0.15) is 0 Å². The highest BCUT2D eigenvalue weighted by Gasteiger charge is 2.26. The van der Waals surface area contributed by atoms with Crippen molar-refractivity contribution in [1.29, 1.82) is 0 Å². The van der Waals surface area contributed by atoms with Gasteiger partial charge in [-0.25, -0.2) is 13.4 Å². The van der Waals surface area contributed by atoms with E-state index >= 15 is 0 Å². The van der Waals surface area contributed by atoms with Crippen LogP contribution in [0.25, 0.3) is 10.2 Å². The first-order valence-corrected chi connectivity index (χ1v) is 12.1. The summed E-state index contributed by atoms with van der Waals surface area (Å²) in [7, 11) is -3.72. The van der Waals surface area contributed by atoms with Gasteiger partial charge in [0.25, 0.3) is 0 Å². The van der Waals surface area contributed by atoms with Gasteiger partial charge < -0.3 is 4.90 Å². The fraction of sp³-hybridized carbons (Fsp3) is 0.333. The van der Waals surface area contributed by atoms with E-state index in [2.05, 4.69) is 23.7 Å². The summed E-state index contributed by atoms with van der Waals surface area (Å²) in [5, 5.41) is 0.534. The largest absolute Gasteiger partial charge is 0.302 e. The number of anilines is 1. The minimum Gasteiger partial charge on any atom is -0.302 e. The summed E-state index contributed by atoms with van der Waals surface area (Å²) in [5.74, 6) is -1.04. The van der Waals surface area contributed by atoms with Crippen LogP contribution in [-0.2, 0) is 14.6 Å². The van der Waals surface area contributed by atoms with Gasteiger partial charge >= 0.3 is 0 Å². The number of para-hydroxylation sites is 1. The van der Waals surface area contributed by atoms with Crippen LogP contribution in [0.3, 0.4) is 0 Å². The molecule has 0 saturated carbocycles. The van der Waals surface area contributed by atoms with Crippen LogP contribution in [0, 0.1) is 0 Å². The zero-order valence-corrected chi connectivity index (χ0v) is 18.2. The Morgan fingerprint density at radius 2 is 1.62 bits per heavy atom. The molecule has 0 atom stereocenters. The number of nitrogens with zero attached hydrogens (tertiary/aromatic N) is 3. The van der Waals surface area contributed by atoms with E-state index in [1.165, 1.54) is 28.4 Å². The molecule has 0 spiro atoms. The van der Waals surface area contributed by atoms with Crippen LogP contribution in [0.15, 0.2) is 59.5 Å². The first kappa shape index (κ1) is 21.4. The fourth-order valence-electron chi connectivity index (χ4n) is 3.04. The molecule has 3 aromatic rings. The third-order valence-corrected chi connectivity index (χ3v) is 7.44. The van der Waals surface area contributed by atoms with Crippen molar-refractivity contribution in [2.45, 2.75) is 18.7 Å².